The highest BCUT2D eigenvalue weighted by Crippen LogP contribution is 2.32. The maximum absolute atomic E-state index is 6.20. The summed E-state index contributed by atoms with van der Waals surface area (Å²) in [4.78, 5) is 7.98. The van der Waals surface area contributed by atoms with Gasteiger partial charge in [0.1, 0.15) is 18.2 Å². The van der Waals surface area contributed by atoms with E-state index in [1.54, 1.807) is 0 Å². The van der Waals surface area contributed by atoms with Crippen LogP contribution in [0.5, 0.6) is 5.75 Å². The molecule has 0 saturated carbocycles. The van der Waals surface area contributed by atoms with Gasteiger partial charge in [0, 0.05) is 9.50 Å². The molecular formula is C20H14BrClN2O. The molecule has 4 aromatic rings. The molecule has 1 N–H and O–H groups in total. The molecule has 4 rings (SSSR count). The molecule has 0 aliphatic carbocycles. The molecule has 0 unspecified atom stereocenters. The SMILES string of the molecule is Clc1ccc(OCc2ccc(Br)cc2)c(-c2nc3ccccc3[nH]2)c1. The monoisotopic (exact) mass is 412 g/mol. The number of fused-ring (bicyclic) bond motifs is 1. The quantitative estimate of drug-likeness (QED) is 0.431. The molecule has 0 aliphatic rings. The Balaban J connectivity index is 1.67. The maximum Gasteiger partial charge on any atom is 0.142 e. The molecule has 0 radical (unpaired) electrons. The van der Waals surface area contributed by atoms with Crippen LogP contribution in [-0.2, 0) is 6.61 Å². The standard InChI is InChI=1S/C20H14BrClN2O/c21-14-7-5-13(6-8-14)12-25-19-10-9-15(22)11-16(19)20-23-17-3-1-2-4-18(17)24-20/h1-11H,12H2,(H,23,24). The second-order valence-electron chi connectivity index (χ2n) is 5.66. The fraction of sp³-hybridized carbons (Fsp3) is 0.0500. The second kappa shape index (κ2) is 6.90. The van der Waals surface area contributed by atoms with E-state index in [1.807, 2.05) is 66.7 Å². The van der Waals surface area contributed by atoms with Gasteiger partial charge in [-0.05, 0) is 48.0 Å². The molecule has 0 atom stereocenters. The van der Waals surface area contributed by atoms with Crippen molar-refractivity contribution in [3.63, 3.8) is 0 Å². The van der Waals surface area contributed by atoms with E-state index in [0.29, 0.717) is 11.6 Å². The van der Waals surface area contributed by atoms with E-state index >= 15 is 0 Å². The summed E-state index contributed by atoms with van der Waals surface area (Å²) in [6, 6.07) is 21.6. The van der Waals surface area contributed by atoms with Crippen molar-refractivity contribution in [2.75, 3.05) is 0 Å². The van der Waals surface area contributed by atoms with Crippen LogP contribution in [-0.4, -0.2) is 9.97 Å². The van der Waals surface area contributed by atoms with E-state index in [-0.39, 0.29) is 0 Å². The molecule has 3 aromatic carbocycles. The van der Waals surface area contributed by atoms with Gasteiger partial charge in [-0.25, -0.2) is 4.98 Å². The minimum Gasteiger partial charge on any atom is -0.488 e. The number of rotatable bonds is 4. The van der Waals surface area contributed by atoms with Gasteiger partial charge in [0.05, 0.1) is 16.6 Å². The van der Waals surface area contributed by atoms with Gasteiger partial charge >= 0.3 is 0 Å². The van der Waals surface area contributed by atoms with Gasteiger partial charge in [-0.3, -0.25) is 0 Å². The predicted molar refractivity (Wildman–Crippen MR) is 105 cm³/mol. The largest absolute Gasteiger partial charge is 0.488 e. The van der Waals surface area contributed by atoms with E-state index in [1.165, 1.54) is 0 Å². The minimum absolute atomic E-state index is 0.474. The number of benzene rings is 3. The van der Waals surface area contributed by atoms with Gasteiger partial charge in [0.2, 0.25) is 0 Å². The van der Waals surface area contributed by atoms with E-state index in [0.717, 1.165) is 38.2 Å². The number of imidazole rings is 1. The number of hydrogen-bond donors (Lipinski definition) is 1. The molecule has 1 heterocycles. The Kier molecular flexibility index (Phi) is 4.47. The fourth-order valence-corrected chi connectivity index (χ4v) is 3.07. The summed E-state index contributed by atoms with van der Waals surface area (Å²) in [6.45, 7) is 0.474. The first-order valence-electron chi connectivity index (χ1n) is 7.81. The minimum atomic E-state index is 0.474. The summed E-state index contributed by atoms with van der Waals surface area (Å²) in [7, 11) is 0. The van der Waals surface area contributed by atoms with Crippen molar-refractivity contribution in [2.24, 2.45) is 0 Å². The average Bonchev–Trinajstić information content (AvgIpc) is 3.06. The van der Waals surface area contributed by atoms with Gasteiger partial charge < -0.3 is 9.72 Å². The number of aromatic nitrogens is 2. The number of halogens is 2. The molecule has 0 aliphatic heterocycles. The third-order valence-electron chi connectivity index (χ3n) is 3.89. The predicted octanol–water partition coefficient (Wildman–Crippen LogP) is 6.22. The molecular weight excluding hydrogens is 400 g/mol. The molecule has 0 saturated heterocycles. The van der Waals surface area contributed by atoms with E-state index in [4.69, 9.17) is 16.3 Å². The number of aromatic amines is 1. The van der Waals surface area contributed by atoms with Crippen molar-refractivity contribution >= 4 is 38.6 Å². The van der Waals surface area contributed by atoms with Crippen LogP contribution in [0.25, 0.3) is 22.4 Å². The maximum atomic E-state index is 6.20. The molecule has 0 bridgehead atoms. The third-order valence-corrected chi connectivity index (χ3v) is 4.66. The first-order chi connectivity index (χ1) is 12.2. The zero-order valence-electron chi connectivity index (χ0n) is 13.2. The normalized spacial score (nSPS) is 11.0. The third kappa shape index (κ3) is 3.55. The van der Waals surface area contributed by atoms with Crippen LogP contribution < -0.4 is 4.74 Å². The van der Waals surface area contributed by atoms with Crippen molar-refractivity contribution in [3.05, 3.63) is 81.8 Å². The molecule has 3 nitrogen and oxygen atoms in total. The highest BCUT2D eigenvalue weighted by Gasteiger charge is 2.12. The van der Waals surface area contributed by atoms with Crippen LogP contribution in [0.1, 0.15) is 5.56 Å². The van der Waals surface area contributed by atoms with Crippen molar-refractivity contribution < 1.29 is 4.74 Å². The second-order valence-corrected chi connectivity index (χ2v) is 7.01. The van der Waals surface area contributed by atoms with Gasteiger partial charge in [-0.15, -0.1) is 0 Å². The molecule has 25 heavy (non-hydrogen) atoms. The molecule has 0 fully saturated rings. The zero-order valence-corrected chi connectivity index (χ0v) is 15.5. The first kappa shape index (κ1) is 16.2. The number of ether oxygens (including phenoxy) is 1. The summed E-state index contributed by atoms with van der Waals surface area (Å²) >= 11 is 9.64. The summed E-state index contributed by atoms with van der Waals surface area (Å²) in [5, 5.41) is 0.645. The lowest BCUT2D eigenvalue weighted by molar-refractivity contribution is 0.307. The van der Waals surface area contributed by atoms with Crippen LogP contribution in [0.15, 0.2) is 71.2 Å². The number of nitrogens with one attached hydrogen (secondary N) is 1. The fourth-order valence-electron chi connectivity index (χ4n) is 2.64. The number of H-pyrrole nitrogens is 1. The Morgan fingerprint density at radius 2 is 1.80 bits per heavy atom. The number of para-hydroxylation sites is 2. The first-order valence-corrected chi connectivity index (χ1v) is 8.98. The van der Waals surface area contributed by atoms with Crippen LogP contribution in [0, 0.1) is 0 Å². The lowest BCUT2D eigenvalue weighted by atomic mass is 10.2. The number of hydrogen-bond acceptors (Lipinski definition) is 2. The van der Waals surface area contributed by atoms with Crippen LogP contribution >= 0.6 is 27.5 Å². The smallest absolute Gasteiger partial charge is 0.142 e. The van der Waals surface area contributed by atoms with E-state index in [2.05, 4.69) is 25.9 Å². The van der Waals surface area contributed by atoms with Crippen LogP contribution in [0.4, 0.5) is 0 Å². The molecule has 124 valence electrons. The van der Waals surface area contributed by atoms with Gasteiger partial charge in [0.25, 0.3) is 0 Å². The van der Waals surface area contributed by atoms with Crippen molar-refractivity contribution in [1.82, 2.24) is 9.97 Å². The highest BCUT2D eigenvalue weighted by molar-refractivity contribution is 9.10. The van der Waals surface area contributed by atoms with Gasteiger partial charge in [-0.1, -0.05) is 51.8 Å². The average molecular weight is 414 g/mol. The molecule has 0 spiro atoms. The Morgan fingerprint density at radius 3 is 2.60 bits per heavy atom. The van der Waals surface area contributed by atoms with Crippen molar-refractivity contribution in [1.29, 1.82) is 0 Å². The summed E-state index contributed by atoms with van der Waals surface area (Å²) in [5.74, 6) is 1.49. The van der Waals surface area contributed by atoms with Crippen LogP contribution in [0.3, 0.4) is 0 Å². The Bertz CT molecular complexity index is 994. The van der Waals surface area contributed by atoms with Crippen LogP contribution in [0.2, 0.25) is 5.02 Å². The summed E-state index contributed by atoms with van der Waals surface area (Å²) in [6.07, 6.45) is 0. The molecule has 0 amide bonds. The summed E-state index contributed by atoms with van der Waals surface area (Å²) < 4.78 is 7.08. The molecule has 1 aromatic heterocycles. The zero-order chi connectivity index (χ0) is 17.2. The molecule has 5 heteroatoms. The lowest BCUT2D eigenvalue weighted by Crippen LogP contribution is -1.97. The highest BCUT2D eigenvalue weighted by atomic mass is 79.9. The van der Waals surface area contributed by atoms with E-state index < -0.39 is 0 Å². The topological polar surface area (TPSA) is 37.9 Å². The lowest BCUT2D eigenvalue weighted by Gasteiger charge is -2.11. The Labute approximate surface area is 158 Å². The number of nitrogens with zero attached hydrogens (tertiary/aromatic N) is 1. The Morgan fingerprint density at radius 1 is 1.00 bits per heavy atom. The van der Waals surface area contributed by atoms with Gasteiger partial charge in [0.15, 0.2) is 0 Å². The van der Waals surface area contributed by atoms with E-state index in [9.17, 15) is 0 Å². The van der Waals surface area contributed by atoms with Gasteiger partial charge in [-0.2, -0.15) is 0 Å². The van der Waals surface area contributed by atoms with Crippen molar-refractivity contribution in [3.8, 4) is 17.1 Å². The summed E-state index contributed by atoms with van der Waals surface area (Å²) in [5.41, 5.74) is 3.84. The van der Waals surface area contributed by atoms with Crippen molar-refractivity contribution in [2.45, 2.75) is 6.61 Å². The Hall–Kier alpha value is -2.30.